The molecule has 3 heteroatoms. The molecule has 1 unspecified atom stereocenters. The van der Waals surface area contributed by atoms with Crippen molar-refractivity contribution in [2.75, 3.05) is 0 Å². The van der Waals surface area contributed by atoms with Crippen molar-refractivity contribution >= 4 is 5.97 Å². The number of rotatable bonds is 6. The molecule has 2 N–H and O–H groups in total. The molecule has 1 aliphatic carbocycles. The average Bonchev–Trinajstić information content (AvgIpc) is 2.63. The Balaban J connectivity index is 1.68. The average molecular weight is 323 g/mol. The van der Waals surface area contributed by atoms with Gasteiger partial charge in [-0.25, -0.2) is 0 Å². The summed E-state index contributed by atoms with van der Waals surface area (Å²) < 4.78 is 0. The van der Waals surface area contributed by atoms with Crippen LogP contribution in [-0.2, 0) is 11.2 Å². The lowest BCUT2D eigenvalue weighted by molar-refractivity contribution is -0.142. The SMILES string of the molecule is O=C(O)C1CCC(NC(Cc2ccccc2)c2ccccc2)CC1. The van der Waals surface area contributed by atoms with Gasteiger partial charge in [-0.15, -0.1) is 0 Å². The zero-order chi connectivity index (χ0) is 16.8. The van der Waals surface area contributed by atoms with E-state index < -0.39 is 5.97 Å². The molecule has 1 fully saturated rings. The minimum atomic E-state index is -0.641. The Kier molecular flexibility index (Phi) is 5.65. The molecule has 126 valence electrons. The molecule has 0 saturated heterocycles. The van der Waals surface area contributed by atoms with Crippen molar-refractivity contribution < 1.29 is 9.90 Å². The molecule has 2 aromatic rings. The van der Waals surface area contributed by atoms with Gasteiger partial charge in [-0.05, 0) is 43.2 Å². The molecule has 0 spiro atoms. The van der Waals surface area contributed by atoms with Crippen LogP contribution in [0.4, 0.5) is 0 Å². The first-order valence-electron chi connectivity index (χ1n) is 8.80. The molecule has 0 amide bonds. The summed E-state index contributed by atoms with van der Waals surface area (Å²) in [5, 5.41) is 12.9. The standard InChI is InChI=1S/C21H25NO2/c23-21(24)18-11-13-19(14-12-18)22-20(17-9-5-2-6-10-17)15-16-7-3-1-4-8-16/h1-10,18-20,22H,11-15H2,(H,23,24). The summed E-state index contributed by atoms with van der Waals surface area (Å²) in [6.45, 7) is 0. The second-order valence-electron chi connectivity index (χ2n) is 6.71. The van der Waals surface area contributed by atoms with E-state index in [2.05, 4.69) is 53.8 Å². The predicted molar refractivity (Wildman–Crippen MR) is 95.8 cm³/mol. The van der Waals surface area contributed by atoms with Crippen LogP contribution in [0.2, 0.25) is 0 Å². The minimum absolute atomic E-state index is 0.160. The van der Waals surface area contributed by atoms with Crippen LogP contribution in [0.25, 0.3) is 0 Å². The highest BCUT2D eigenvalue weighted by Crippen LogP contribution is 2.27. The number of nitrogens with one attached hydrogen (secondary N) is 1. The summed E-state index contributed by atoms with van der Waals surface area (Å²) in [7, 11) is 0. The third-order valence-electron chi connectivity index (χ3n) is 5.00. The number of hydrogen-bond donors (Lipinski definition) is 2. The first-order valence-corrected chi connectivity index (χ1v) is 8.80. The van der Waals surface area contributed by atoms with Crippen molar-refractivity contribution in [1.82, 2.24) is 5.32 Å². The zero-order valence-electron chi connectivity index (χ0n) is 13.9. The van der Waals surface area contributed by atoms with E-state index in [4.69, 9.17) is 5.11 Å². The van der Waals surface area contributed by atoms with Gasteiger partial charge in [0.25, 0.3) is 0 Å². The maximum Gasteiger partial charge on any atom is 0.306 e. The van der Waals surface area contributed by atoms with Gasteiger partial charge in [-0.3, -0.25) is 4.79 Å². The van der Waals surface area contributed by atoms with E-state index in [-0.39, 0.29) is 12.0 Å². The minimum Gasteiger partial charge on any atom is -0.481 e. The smallest absolute Gasteiger partial charge is 0.306 e. The summed E-state index contributed by atoms with van der Waals surface area (Å²) in [6, 6.07) is 21.7. The van der Waals surface area contributed by atoms with Crippen LogP contribution in [0.15, 0.2) is 60.7 Å². The predicted octanol–water partition coefficient (Wildman–Crippen LogP) is 4.20. The highest BCUT2D eigenvalue weighted by Gasteiger charge is 2.27. The van der Waals surface area contributed by atoms with Gasteiger partial charge >= 0.3 is 5.97 Å². The van der Waals surface area contributed by atoms with Gasteiger partial charge in [0.1, 0.15) is 0 Å². The lowest BCUT2D eigenvalue weighted by Gasteiger charge is -2.31. The number of aliphatic carboxylic acids is 1. The molecule has 3 rings (SSSR count). The van der Waals surface area contributed by atoms with Crippen LogP contribution in [0.3, 0.4) is 0 Å². The normalized spacial score (nSPS) is 22.0. The fourth-order valence-electron chi connectivity index (χ4n) is 3.60. The highest BCUT2D eigenvalue weighted by molar-refractivity contribution is 5.70. The van der Waals surface area contributed by atoms with E-state index in [9.17, 15) is 4.79 Å². The Morgan fingerprint density at radius 2 is 1.54 bits per heavy atom. The van der Waals surface area contributed by atoms with Gasteiger partial charge in [0.05, 0.1) is 5.92 Å². The van der Waals surface area contributed by atoms with Crippen LogP contribution >= 0.6 is 0 Å². The van der Waals surface area contributed by atoms with Crippen molar-refractivity contribution in [3.05, 3.63) is 71.8 Å². The Labute approximate surface area is 143 Å². The quantitative estimate of drug-likeness (QED) is 0.837. The van der Waals surface area contributed by atoms with Gasteiger partial charge < -0.3 is 10.4 Å². The maximum absolute atomic E-state index is 11.1. The van der Waals surface area contributed by atoms with Crippen molar-refractivity contribution in [3.8, 4) is 0 Å². The summed E-state index contributed by atoms with van der Waals surface area (Å²) >= 11 is 0. The molecule has 0 radical (unpaired) electrons. The van der Waals surface area contributed by atoms with E-state index in [0.29, 0.717) is 6.04 Å². The van der Waals surface area contributed by atoms with Crippen LogP contribution in [0.1, 0.15) is 42.9 Å². The Morgan fingerprint density at radius 1 is 0.958 bits per heavy atom. The van der Waals surface area contributed by atoms with Crippen molar-refractivity contribution in [3.63, 3.8) is 0 Å². The molecule has 24 heavy (non-hydrogen) atoms. The monoisotopic (exact) mass is 323 g/mol. The fourth-order valence-corrected chi connectivity index (χ4v) is 3.60. The molecular formula is C21H25NO2. The first kappa shape index (κ1) is 16.7. The lowest BCUT2D eigenvalue weighted by Crippen LogP contribution is -2.38. The first-order chi connectivity index (χ1) is 11.7. The van der Waals surface area contributed by atoms with Crippen molar-refractivity contribution in [1.29, 1.82) is 0 Å². The third kappa shape index (κ3) is 4.45. The van der Waals surface area contributed by atoms with E-state index >= 15 is 0 Å². The van der Waals surface area contributed by atoms with Gasteiger partial charge in [0.2, 0.25) is 0 Å². The van der Waals surface area contributed by atoms with E-state index in [0.717, 1.165) is 32.1 Å². The Hall–Kier alpha value is -2.13. The number of carboxylic acid groups (broad SMARTS) is 1. The molecule has 1 saturated carbocycles. The van der Waals surface area contributed by atoms with Crippen LogP contribution in [0, 0.1) is 5.92 Å². The van der Waals surface area contributed by atoms with E-state index in [1.165, 1.54) is 11.1 Å². The van der Waals surface area contributed by atoms with Gasteiger partial charge in [0, 0.05) is 12.1 Å². The molecule has 1 aliphatic rings. The van der Waals surface area contributed by atoms with Gasteiger partial charge in [0.15, 0.2) is 0 Å². The largest absolute Gasteiger partial charge is 0.481 e. The molecule has 0 heterocycles. The molecule has 3 nitrogen and oxygen atoms in total. The molecule has 0 aliphatic heterocycles. The number of hydrogen-bond acceptors (Lipinski definition) is 2. The Bertz CT molecular complexity index is 633. The van der Waals surface area contributed by atoms with Crippen LogP contribution < -0.4 is 5.32 Å². The van der Waals surface area contributed by atoms with Crippen LogP contribution in [0.5, 0.6) is 0 Å². The second-order valence-corrected chi connectivity index (χ2v) is 6.71. The zero-order valence-corrected chi connectivity index (χ0v) is 13.9. The fraction of sp³-hybridized carbons (Fsp3) is 0.381. The maximum atomic E-state index is 11.1. The number of carboxylic acids is 1. The summed E-state index contributed by atoms with van der Waals surface area (Å²) in [5.74, 6) is -0.801. The molecule has 2 aromatic carbocycles. The van der Waals surface area contributed by atoms with Crippen molar-refractivity contribution in [2.45, 2.75) is 44.2 Å². The molecule has 0 aromatic heterocycles. The van der Waals surface area contributed by atoms with Crippen molar-refractivity contribution in [2.24, 2.45) is 5.92 Å². The van der Waals surface area contributed by atoms with E-state index in [1.807, 2.05) is 12.1 Å². The number of benzene rings is 2. The molecule has 1 atom stereocenters. The summed E-state index contributed by atoms with van der Waals surface area (Å²) in [5.41, 5.74) is 2.61. The topological polar surface area (TPSA) is 49.3 Å². The van der Waals surface area contributed by atoms with E-state index in [1.54, 1.807) is 0 Å². The Morgan fingerprint density at radius 3 is 2.12 bits per heavy atom. The van der Waals surface area contributed by atoms with Crippen LogP contribution in [-0.4, -0.2) is 17.1 Å². The highest BCUT2D eigenvalue weighted by atomic mass is 16.4. The summed E-state index contributed by atoms with van der Waals surface area (Å²) in [6.07, 6.45) is 4.38. The third-order valence-corrected chi connectivity index (χ3v) is 5.00. The molecular weight excluding hydrogens is 298 g/mol. The summed E-state index contributed by atoms with van der Waals surface area (Å²) in [4.78, 5) is 11.1. The lowest BCUT2D eigenvalue weighted by atomic mass is 9.85. The van der Waals surface area contributed by atoms with Gasteiger partial charge in [-0.1, -0.05) is 60.7 Å². The van der Waals surface area contributed by atoms with Gasteiger partial charge in [-0.2, -0.15) is 0 Å². The number of carbonyl (C=O) groups is 1. The molecule has 0 bridgehead atoms. The second kappa shape index (κ2) is 8.11.